The lowest BCUT2D eigenvalue weighted by molar-refractivity contribution is 0.102. The van der Waals surface area contributed by atoms with E-state index < -0.39 is 15.7 Å². The van der Waals surface area contributed by atoms with Gasteiger partial charge in [-0.1, -0.05) is 17.7 Å². The van der Waals surface area contributed by atoms with Crippen molar-refractivity contribution in [1.82, 2.24) is 4.98 Å². The number of hydrogen-bond acceptors (Lipinski definition) is 4. The van der Waals surface area contributed by atoms with Gasteiger partial charge < -0.3 is 5.32 Å². The Kier molecular flexibility index (Phi) is 4.29. The van der Waals surface area contributed by atoms with Gasteiger partial charge in [-0.3, -0.25) is 4.79 Å². The van der Waals surface area contributed by atoms with Crippen LogP contribution in [0.4, 0.5) is 5.82 Å². The van der Waals surface area contributed by atoms with Crippen molar-refractivity contribution in [2.75, 3.05) is 11.6 Å². The van der Waals surface area contributed by atoms with Crippen molar-refractivity contribution in [2.45, 2.75) is 11.8 Å². The molecule has 5 nitrogen and oxygen atoms in total. The van der Waals surface area contributed by atoms with Crippen molar-refractivity contribution in [3.8, 4) is 0 Å². The van der Waals surface area contributed by atoms with E-state index >= 15 is 0 Å². The molecule has 0 fully saturated rings. The number of benzene rings is 1. The average Bonchev–Trinajstić information content (AvgIpc) is 2.40. The van der Waals surface area contributed by atoms with Crippen molar-refractivity contribution < 1.29 is 13.2 Å². The fraction of sp³-hybridized carbons (Fsp3) is 0.143. The lowest BCUT2D eigenvalue weighted by Crippen LogP contribution is -2.13. The lowest BCUT2D eigenvalue weighted by Gasteiger charge is -2.07. The first-order chi connectivity index (χ1) is 9.77. The Balaban J connectivity index is 2.30. The van der Waals surface area contributed by atoms with Crippen LogP contribution in [0.2, 0.25) is 5.02 Å². The van der Waals surface area contributed by atoms with Gasteiger partial charge in [-0.15, -0.1) is 0 Å². The summed E-state index contributed by atoms with van der Waals surface area (Å²) in [6.45, 7) is 1.89. The summed E-state index contributed by atoms with van der Waals surface area (Å²) in [5, 5.41) is 2.68. The van der Waals surface area contributed by atoms with Crippen molar-refractivity contribution in [3.63, 3.8) is 0 Å². The average molecular weight is 325 g/mol. The number of anilines is 1. The Bertz CT molecular complexity index is 786. The molecule has 0 saturated carbocycles. The minimum absolute atomic E-state index is 0.0753. The van der Waals surface area contributed by atoms with Gasteiger partial charge >= 0.3 is 0 Å². The summed E-state index contributed by atoms with van der Waals surface area (Å²) in [4.78, 5) is 16.1. The molecule has 0 bridgehead atoms. The number of halogens is 1. The monoisotopic (exact) mass is 324 g/mol. The Morgan fingerprint density at radius 1 is 1.24 bits per heavy atom. The molecule has 0 unspecified atom stereocenters. The van der Waals surface area contributed by atoms with Gasteiger partial charge in [0.1, 0.15) is 5.82 Å². The molecule has 110 valence electrons. The standard InChI is InChI=1S/C14H13ClN2O3S/c1-9-3-6-13(16-8-9)17-14(18)10-4-5-11(15)12(7-10)21(2,19)20/h3-8H,1-2H3,(H,16,17,18). The fourth-order valence-corrected chi connectivity index (χ4v) is 2.96. The van der Waals surface area contributed by atoms with Gasteiger partial charge in [0.2, 0.25) is 0 Å². The van der Waals surface area contributed by atoms with E-state index in [9.17, 15) is 13.2 Å². The summed E-state index contributed by atoms with van der Waals surface area (Å²) in [6.07, 6.45) is 2.66. The van der Waals surface area contributed by atoms with Crippen LogP contribution in [0.25, 0.3) is 0 Å². The maximum absolute atomic E-state index is 12.1. The number of carbonyl (C=O) groups excluding carboxylic acids is 1. The van der Waals surface area contributed by atoms with E-state index in [2.05, 4.69) is 10.3 Å². The first-order valence-electron chi connectivity index (χ1n) is 6.01. The van der Waals surface area contributed by atoms with Gasteiger partial charge in [-0.05, 0) is 36.8 Å². The molecule has 0 radical (unpaired) electrons. The van der Waals surface area contributed by atoms with Crippen molar-refractivity contribution in [3.05, 3.63) is 52.7 Å². The Morgan fingerprint density at radius 2 is 1.95 bits per heavy atom. The van der Waals surface area contributed by atoms with Gasteiger partial charge in [0.25, 0.3) is 5.91 Å². The summed E-state index contributed by atoms with van der Waals surface area (Å²) in [5.41, 5.74) is 1.17. The molecule has 7 heteroatoms. The largest absolute Gasteiger partial charge is 0.307 e. The number of sulfone groups is 1. The van der Waals surface area contributed by atoms with Gasteiger partial charge in [0, 0.05) is 18.0 Å². The number of amides is 1. The highest BCUT2D eigenvalue weighted by atomic mass is 35.5. The predicted octanol–water partition coefficient (Wildman–Crippen LogP) is 2.70. The highest BCUT2D eigenvalue weighted by Crippen LogP contribution is 2.23. The third-order valence-corrected chi connectivity index (χ3v) is 4.32. The third-order valence-electron chi connectivity index (χ3n) is 2.75. The van der Waals surface area contributed by atoms with Gasteiger partial charge in [-0.25, -0.2) is 13.4 Å². The summed E-state index contributed by atoms with van der Waals surface area (Å²) in [6, 6.07) is 7.57. The lowest BCUT2D eigenvalue weighted by atomic mass is 10.2. The van der Waals surface area contributed by atoms with Crippen molar-refractivity contribution in [1.29, 1.82) is 0 Å². The van der Waals surface area contributed by atoms with Gasteiger partial charge in [-0.2, -0.15) is 0 Å². The molecule has 1 N–H and O–H groups in total. The van der Waals surface area contributed by atoms with Crippen LogP contribution in [0, 0.1) is 6.92 Å². The minimum Gasteiger partial charge on any atom is -0.307 e. The molecule has 0 aliphatic heterocycles. The molecule has 1 aromatic heterocycles. The number of nitrogens with zero attached hydrogens (tertiary/aromatic N) is 1. The highest BCUT2D eigenvalue weighted by molar-refractivity contribution is 7.90. The van der Waals surface area contributed by atoms with Crippen LogP contribution in [0.15, 0.2) is 41.4 Å². The quantitative estimate of drug-likeness (QED) is 0.941. The van der Waals surface area contributed by atoms with Crippen LogP contribution < -0.4 is 5.32 Å². The van der Waals surface area contributed by atoms with Gasteiger partial charge in [0.15, 0.2) is 9.84 Å². The van der Waals surface area contributed by atoms with Crippen LogP contribution in [0.1, 0.15) is 15.9 Å². The molecule has 2 rings (SSSR count). The Labute approximate surface area is 127 Å². The second kappa shape index (κ2) is 5.83. The van der Waals surface area contributed by atoms with Crippen LogP contribution in [-0.2, 0) is 9.84 Å². The highest BCUT2D eigenvalue weighted by Gasteiger charge is 2.16. The molecule has 0 aliphatic rings. The second-order valence-corrected chi connectivity index (χ2v) is 6.98. The van der Waals surface area contributed by atoms with E-state index in [0.717, 1.165) is 11.8 Å². The smallest absolute Gasteiger partial charge is 0.256 e. The number of hydrogen-bond donors (Lipinski definition) is 1. The van der Waals surface area contributed by atoms with E-state index in [0.29, 0.717) is 5.82 Å². The van der Waals surface area contributed by atoms with E-state index in [-0.39, 0.29) is 15.5 Å². The zero-order valence-corrected chi connectivity index (χ0v) is 13.0. The molecule has 1 amide bonds. The number of carbonyl (C=O) groups is 1. The van der Waals surface area contributed by atoms with Gasteiger partial charge in [0.05, 0.1) is 9.92 Å². The normalized spacial score (nSPS) is 11.2. The molecule has 0 spiro atoms. The molecule has 1 aromatic carbocycles. The summed E-state index contributed by atoms with van der Waals surface area (Å²) in [7, 11) is -3.50. The predicted molar refractivity (Wildman–Crippen MR) is 81.5 cm³/mol. The Hall–Kier alpha value is -1.92. The molecule has 0 aliphatic carbocycles. The van der Waals surface area contributed by atoms with E-state index in [1.54, 1.807) is 12.3 Å². The van der Waals surface area contributed by atoms with Crippen molar-refractivity contribution >= 4 is 33.2 Å². The maximum atomic E-state index is 12.1. The molecule has 21 heavy (non-hydrogen) atoms. The van der Waals surface area contributed by atoms with E-state index in [1.165, 1.54) is 18.2 Å². The number of nitrogens with one attached hydrogen (secondary N) is 1. The minimum atomic E-state index is -3.50. The van der Waals surface area contributed by atoms with Crippen molar-refractivity contribution in [2.24, 2.45) is 0 Å². The molecular weight excluding hydrogens is 312 g/mol. The summed E-state index contributed by atoms with van der Waals surface area (Å²) >= 11 is 5.84. The summed E-state index contributed by atoms with van der Waals surface area (Å²) in [5.74, 6) is -0.0608. The Morgan fingerprint density at radius 3 is 2.52 bits per heavy atom. The zero-order chi connectivity index (χ0) is 15.6. The molecule has 0 saturated heterocycles. The molecular formula is C14H13ClN2O3S. The second-order valence-electron chi connectivity index (χ2n) is 4.59. The topological polar surface area (TPSA) is 76.1 Å². The van der Waals surface area contributed by atoms with E-state index in [4.69, 9.17) is 11.6 Å². The van der Waals surface area contributed by atoms with Crippen LogP contribution >= 0.6 is 11.6 Å². The number of aryl methyl sites for hydroxylation is 1. The van der Waals surface area contributed by atoms with Crippen LogP contribution in [0.5, 0.6) is 0 Å². The summed E-state index contributed by atoms with van der Waals surface area (Å²) < 4.78 is 23.2. The van der Waals surface area contributed by atoms with Crippen LogP contribution in [-0.4, -0.2) is 25.6 Å². The fourth-order valence-electron chi connectivity index (χ4n) is 1.66. The SMILES string of the molecule is Cc1ccc(NC(=O)c2ccc(Cl)c(S(C)(=O)=O)c2)nc1. The third kappa shape index (κ3) is 3.80. The number of aromatic nitrogens is 1. The first kappa shape index (κ1) is 15.5. The number of rotatable bonds is 3. The van der Waals surface area contributed by atoms with Crippen LogP contribution in [0.3, 0.4) is 0 Å². The first-order valence-corrected chi connectivity index (χ1v) is 8.28. The number of pyridine rings is 1. The maximum Gasteiger partial charge on any atom is 0.256 e. The molecule has 1 heterocycles. The molecule has 2 aromatic rings. The zero-order valence-electron chi connectivity index (χ0n) is 11.4. The van der Waals surface area contributed by atoms with E-state index in [1.807, 2.05) is 13.0 Å². The molecule has 0 atom stereocenters.